The molecule has 0 bridgehead atoms. The van der Waals surface area contributed by atoms with Crippen LogP contribution >= 0.6 is 15.9 Å². The van der Waals surface area contributed by atoms with E-state index in [2.05, 4.69) is 52.1 Å². The molecule has 2 aromatic heterocycles. The molecule has 1 atom stereocenters. The average molecular weight is 341 g/mol. The van der Waals surface area contributed by atoms with Crippen LogP contribution in [0.15, 0.2) is 27.7 Å². The van der Waals surface area contributed by atoms with Crippen LogP contribution in [0, 0.1) is 0 Å². The zero-order valence-electron chi connectivity index (χ0n) is 12.1. The first-order valence-corrected chi connectivity index (χ1v) is 7.77. The number of hydrogen-bond acceptors (Lipinski definition) is 4. The summed E-state index contributed by atoms with van der Waals surface area (Å²) in [6, 6.07) is 2.48. The Kier molecular flexibility index (Phi) is 5.37. The fourth-order valence-electron chi connectivity index (χ4n) is 2.20. The summed E-state index contributed by atoms with van der Waals surface area (Å²) in [4.78, 5) is 4.39. The van der Waals surface area contributed by atoms with E-state index in [0.29, 0.717) is 6.04 Å². The van der Waals surface area contributed by atoms with E-state index < -0.39 is 0 Å². The van der Waals surface area contributed by atoms with E-state index in [4.69, 9.17) is 4.42 Å². The zero-order chi connectivity index (χ0) is 14.5. The van der Waals surface area contributed by atoms with Crippen LogP contribution in [-0.2, 0) is 6.42 Å². The Hall–Kier alpha value is -1.14. The van der Waals surface area contributed by atoms with Crippen molar-refractivity contribution < 1.29 is 4.42 Å². The van der Waals surface area contributed by atoms with Crippen molar-refractivity contribution in [2.75, 3.05) is 6.54 Å². The molecule has 0 aliphatic carbocycles. The molecule has 0 aromatic carbocycles. The molecule has 20 heavy (non-hydrogen) atoms. The molecule has 1 unspecified atom stereocenters. The van der Waals surface area contributed by atoms with E-state index in [-0.39, 0.29) is 6.04 Å². The van der Waals surface area contributed by atoms with Crippen LogP contribution in [-0.4, -0.2) is 21.3 Å². The van der Waals surface area contributed by atoms with Crippen LogP contribution in [0.3, 0.4) is 0 Å². The molecule has 0 radical (unpaired) electrons. The molecule has 0 saturated carbocycles. The second-order valence-electron chi connectivity index (χ2n) is 5.08. The number of hydrogen-bond donors (Lipinski definition) is 1. The van der Waals surface area contributed by atoms with Crippen molar-refractivity contribution in [2.45, 2.75) is 45.7 Å². The summed E-state index contributed by atoms with van der Waals surface area (Å²) in [5.41, 5.74) is 1.12. The summed E-state index contributed by atoms with van der Waals surface area (Å²) < 4.78 is 8.10. The van der Waals surface area contributed by atoms with Gasteiger partial charge in [-0.2, -0.15) is 5.10 Å². The summed E-state index contributed by atoms with van der Waals surface area (Å²) in [5.74, 6) is 0.988. The molecule has 2 heterocycles. The second-order valence-corrected chi connectivity index (χ2v) is 5.80. The smallest absolute Gasteiger partial charge is 0.173 e. The lowest BCUT2D eigenvalue weighted by atomic mass is 10.1. The minimum atomic E-state index is 0.171. The number of halogens is 1. The highest BCUT2D eigenvalue weighted by Gasteiger charge is 2.20. The first-order chi connectivity index (χ1) is 9.63. The van der Waals surface area contributed by atoms with Gasteiger partial charge in [-0.1, -0.05) is 6.92 Å². The number of rotatable bonds is 7. The van der Waals surface area contributed by atoms with Crippen LogP contribution in [0.5, 0.6) is 0 Å². The molecule has 0 fully saturated rings. The van der Waals surface area contributed by atoms with Gasteiger partial charge in [0.15, 0.2) is 4.67 Å². The molecule has 0 spiro atoms. The minimum Gasteiger partial charge on any atom is -0.457 e. The highest BCUT2D eigenvalue weighted by Crippen LogP contribution is 2.27. The largest absolute Gasteiger partial charge is 0.457 e. The van der Waals surface area contributed by atoms with Crippen molar-refractivity contribution in [3.8, 4) is 0 Å². The maximum absolute atomic E-state index is 5.36. The molecule has 0 aliphatic heterocycles. The van der Waals surface area contributed by atoms with E-state index in [1.165, 1.54) is 0 Å². The zero-order valence-corrected chi connectivity index (χ0v) is 13.7. The Balaban J connectivity index is 2.19. The molecular weight excluding hydrogens is 320 g/mol. The van der Waals surface area contributed by atoms with Crippen molar-refractivity contribution in [1.29, 1.82) is 0 Å². The van der Waals surface area contributed by atoms with Crippen LogP contribution in [0.2, 0.25) is 0 Å². The Labute approximate surface area is 127 Å². The van der Waals surface area contributed by atoms with Crippen molar-refractivity contribution >= 4 is 15.9 Å². The summed E-state index contributed by atoms with van der Waals surface area (Å²) in [6.07, 6.45) is 5.20. The standard InChI is InChI=1S/C14H21BrN4O/c1-4-6-16-12(11-5-7-20-14(11)15)8-13-17-9-18-19(13)10(2)3/h5,7,9-10,12,16H,4,6,8H2,1-3H3. The van der Waals surface area contributed by atoms with Gasteiger partial charge < -0.3 is 9.73 Å². The summed E-state index contributed by atoms with van der Waals surface area (Å²) in [6.45, 7) is 7.34. The third-order valence-electron chi connectivity index (χ3n) is 3.19. The molecule has 0 amide bonds. The van der Waals surface area contributed by atoms with Gasteiger partial charge in [-0.15, -0.1) is 0 Å². The molecule has 6 heteroatoms. The van der Waals surface area contributed by atoms with E-state index >= 15 is 0 Å². The van der Waals surface area contributed by atoms with Crippen LogP contribution in [0.4, 0.5) is 0 Å². The van der Waals surface area contributed by atoms with Crippen LogP contribution in [0.1, 0.15) is 50.7 Å². The fourth-order valence-corrected chi connectivity index (χ4v) is 2.71. The van der Waals surface area contributed by atoms with Crippen LogP contribution < -0.4 is 5.32 Å². The molecule has 110 valence electrons. The predicted molar refractivity (Wildman–Crippen MR) is 81.6 cm³/mol. The number of aromatic nitrogens is 3. The van der Waals surface area contributed by atoms with Gasteiger partial charge in [0.05, 0.1) is 6.26 Å². The lowest BCUT2D eigenvalue weighted by molar-refractivity contribution is 0.455. The first-order valence-electron chi connectivity index (χ1n) is 6.98. The fraction of sp³-hybridized carbons (Fsp3) is 0.571. The summed E-state index contributed by atoms with van der Waals surface area (Å²) in [5, 5.41) is 7.84. The van der Waals surface area contributed by atoms with Crippen LogP contribution in [0.25, 0.3) is 0 Å². The first kappa shape index (κ1) is 15.3. The summed E-state index contributed by atoms with van der Waals surface area (Å²) >= 11 is 3.46. The van der Waals surface area contributed by atoms with Crippen molar-refractivity contribution in [3.63, 3.8) is 0 Å². The van der Waals surface area contributed by atoms with Gasteiger partial charge in [0.25, 0.3) is 0 Å². The molecule has 2 rings (SSSR count). The molecule has 0 saturated heterocycles. The Bertz CT molecular complexity index is 535. The minimum absolute atomic E-state index is 0.171. The van der Waals surface area contributed by atoms with Gasteiger partial charge in [0.1, 0.15) is 12.2 Å². The van der Waals surface area contributed by atoms with Crippen molar-refractivity contribution in [2.24, 2.45) is 0 Å². The Morgan fingerprint density at radius 3 is 2.85 bits per heavy atom. The quantitative estimate of drug-likeness (QED) is 0.837. The van der Waals surface area contributed by atoms with Gasteiger partial charge in [0.2, 0.25) is 0 Å². The maximum Gasteiger partial charge on any atom is 0.173 e. The highest BCUT2D eigenvalue weighted by molar-refractivity contribution is 9.10. The van der Waals surface area contributed by atoms with E-state index in [9.17, 15) is 0 Å². The van der Waals surface area contributed by atoms with Gasteiger partial charge in [0, 0.05) is 24.1 Å². The molecule has 2 aromatic rings. The van der Waals surface area contributed by atoms with Crippen molar-refractivity contribution in [3.05, 3.63) is 34.7 Å². The second kappa shape index (κ2) is 7.04. The van der Waals surface area contributed by atoms with Gasteiger partial charge in [-0.25, -0.2) is 9.67 Å². The average Bonchev–Trinajstić information content (AvgIpc) is 3.03. The van der Waals surface area contributed by atoms with E-state index in [1.54, 1.807) is 12.6 Å². The summed E-state index contributed by atoms with van der Waals surface area (Å²) in [7, 11) is 0. The van der Waals surface area contributed by atoms with E-state index in [1.807, 2.05) is 10.7 Å². The van der Waals surface area contributed by atoms with E-state index in [0.717, 1.165) is 35.4 Å². The molecule has 0 aliphatic rings. The lowest BCUT2D eigenvalue weighted by Gasteiger charge is -2.18. The molecular formula is C14H21BrN4O. The molecule has 5 nitrogen and oxygen atoms in total. The Morgan fingerprint density at radius 1 is 1.45 bits per heavy atom. The van der Waals surface area contributed by atoms with Gasteiger partial charge in [-0.3, -0.25) is 0 Å². The molecule has 1 N–H and O–H groups in total. The highest BCUT2D eigenvalue weighted by atomic mass is 79.9. The normalized spacial score (nSPS) is 13.1. The number of nitrogens with zero attached hydrogens (tertiary/aromatic N) is 3. The number of furan rings is 1. The predicted octanol–water partition coefficient (Wildman–Crippen LogP) is 3.50. The third-order valence-corrected chi connectivity index (χ3v) is 3.83. The lowest BCUT2D eigenvalue weighted by Crippen LogP contribution is -2.25. The third kappa shape index (κ3) is 3.49. The monoisotopic (exact) mass is 340 g/mol. The maximum atomic E-state index is 5.36. The van der Waals surface area contributed by atoms with Crippen molar-refractivity contribution in [1.82, 2.24) is 20.1 Å². The number of nitrogens with one attached hydrogen (secondary N) is 1. The van der Waals surface area contributed by atoms with Gasteiger partial charge in [-0.05, 0) is 48.8 Å². The Morgan fingerprint density at radius 2 is 2.25 bits per heavy atom. The topological polar surface area (TPSA) is 55.9 Å². The SMILES string of the molecule is CCCNC(Cc1ncnn1C(C)C)c1ccoc1Br. The van der Waals surface area contributed by atoms with Gasteiger partial charge >= 0.3 is 0 Å².